The maximum atomic E-state index is 6.13. The second-order valence-electron chi connectivity index (χ2n) is 3.34. The Hall–Kier alpha value is -0.350. The van der Waals surface area contributed by atoms with Crippen molar-refractivity contribution in [1.82, 2.24) is 9.36 Å². The van der Waals surface area contributed by atoms with Crippen LogP contribution in [-0.2, 0) is 0 Å². The average molecular weight is 218 g/mol. The smallest absolute Gasteiger partial charge is 0.202 e. The van der Waals surface area contributed by atoms with Crippen molar-refractivity contribution in [3.63, 3.8) is 0 Å². The zero-order valence-electron chi connectivity index (χ0n) is 7.46. The first-order chi connectivity index (χ1) is 6.25. The minimum absolute atomic E-state index is 0.254. The maximum Gasteiger partial charge on any atom is 0.202 e. The van der Waals surface area contributed by atoms with Crippen LogP contribution >= 0.6 is 23.1 Å². The largest absolute Gasteiger partial charge is 0.356 e. The van der Waals surface area contributed by atoms with Crippen LogP contribution in [0.25, 0.3) is 0 Å². The van der Waals surface area contributed by atoms with E-state index in [1.807, 2.05) is 6.92 Å². The number of rotatable bonds is 2. The molecule has 0 amide bonds. The van der Waals surface area contributed by atoms with E-state index in [2.05, 4.69) is 14.7 Å². The number of hydrogen-bond acceptors (Lipinski definition) is 4. The highest BCUT2D eigenvalue weighted by Crippen LogP contribution is 2.27. The molecule has 1 aromatic heterocycles. The lowest BCUT2D eigenvalue weighted by Crippen LogP contribution is -2.23. The molecule has 2 atom stereocenters. The van der Waals surface area contributed by atoms with Gasteiger partial charge in [-0.05, 0) is 26.2 Å². The number of nitrogens with one attached hydrogen (secondary N) is 1. The van der Waals surface area contributed by atoms with Crippen molar-refractivity contribution in [2.75, 3.05) is 5.32 Å². The Labute approximate surface area is 86.7 Å². The molecule has 2 rings (SSSR count). The van der Waals surface area contributed by atoms with Crippen LogP contribution in [0.2, 0.25) is 0 Å². The van der Waals surface area contributed by atoms with Crippen LogP contribution in [0.15, 0.2) is 0 Å². The molecule has 1 heterocycles. The van der Waals surface area contributed by atoms with Crippen molar-refractivity contribution in [2.45, 2.75) is 37.6 Å². The molecular weight excluding hydrogens is 206 g/mol. The molecule has 1 N–H and O–H groups in total. The van der Waals surface area contributed by atoms with Gasteiger partial charge in [-0.1, -0.05) is 0 Å². The molecule has 0 aliphatic heterocycles. The van der Waals surface area contributed by atoms with Crippen LogP contribution in [0.5, 0.6) is 0 Å². The first-order valence-corrected chi connectivity index (χ1v) is 5.67. The molecule has 1 aliphatic carbocycles. The fourth-order valence-corrected chi connectivity index (χ4v) is 2.57. The van der Waals surface area contributed by atoms with E-state index < -0.39 is 0 Å². The molecule has 0 saturated heterocycles. The van der Waals surface area contributed by atoms with Gasteiger partial charge in [0, 0.05) is 17.6 Å². The van der Waals surface area contributed by atoms with Gasteiger partial charge in [0.15, 0.2) is 0 Å². The lowest BCUT2D eigenvalue weighted by Gasteiger charge is -2.13. The fraction of sp³-hybridized carbons (Fsp3) is 0.750. The van der Waals surface area contributed by atoms with Crippen LogP contribution in [0.1, 0.15) is 25.1 Å². The number of aryl methyl sites for hydroxylation is 1. The van der Waals surface area contributed by atoms with Gasteiger partial charge in [-0.2, -0.15) is 4.37 Å². The molecule has 0 radical (unpaired) electrons. The molecule has 72 valence electrons. The highest BCUT2D eigenvalue weighted by atomic mass is 35.5. The summed E-state index contributed by atoms with van der Waals surface area (Å²) in [6.07, 6.45) is 3.47. The van der Waals surface area contributed by atoms with Crippen LogP contribution in [0.3, 0.4) is 0 Å². The summed E-state index contributed by atoms with van der Waals surface area (Å²) in [7, 11) is 0. The molecule has 1 aromatic rings. The van der Waals surface area contributed by atoms with Gasteiger partial charge in [-0.3, -0.25) is 0 Å². The highest BCUT2D eigenvalue weighted by Gasteiger charge is 2.25. The van der Waals surface area contributed by atoms with Gasteiger partial charge in [0.05, 0.1) is 5.38 Å². The van der Waals surface area contributed by atoms with Crippen molar-refractivity contribution < 1.29 is 0 Å². The van der Waals surface area contributed by atoms with Gasteiger partial charge >= 0.3 is 0 Å². The number of halogens is 1. The summed E-state index contributed by atoms with van der Waals surface area (Å²) in [4.78, 5) is 4.25. The van der Waals surface area contributed by atoms with Crippen LogP contribution in [-0.4, -0.2) is 20.8 Å². The van der Waals surface area contributed by atoms with Gasteiger partial charge < -0.3 is 5.32 Å². The highest BCUT2D eigenvalue weighted by molar-refractivity contribution is 7.09. The molecule has 3 nitrogen and oxygen atoms in total. The minimum atomic E-state index is 0.254. The topological polar surface area (TPSA) is 37.8 Å². The van der Waals surface area contributed by atoms with Crippen molar-refractivity contribution in [3.8, 4) is 0 Å². The van der Waals surface area contributed by atoms with Crippen molar-refractivity contribution >= 4 is 28.3 Å². The Morgan fingerprint density at radius 3 is 2.92 bits per heavy atom. The van der Waals surface area contributed by atoms with E-state index >= 15 is 0 Å². The summed E-state index contributed by atoms with van der Waals surface area (Å²) in [6.45, 7) is 1.90. The van der Waals surface area contributed by atoms with Crippen molar-refractivity contribution in [2.24, 2.45) is 0 Å². The average Bonchev–Trinajstić information content (AvgIpc) is 2.64. The Morgan fingerprint density at radius 2 is 2.38 bits per heavy atom. The molecule has 2 unspecified atom stereocenters. The lowest BCUT2D eigenvalue weighted by molar-refractivity contribution is 0.760. The second-order valence-corrected chi connectivity index (χ2v) is 4.66. The quantitative estimate of drug-likeness (QED) is 0.774. The maximum absolute atomic E-state index is 6.13. The second kappa shape index (κ2) is 3.80. The van der Waals surface area contributed by atoms with E-state index in [9.17, 15) is 0 Å². The minimum Gasteiger partial charge on any atom is -0.356 e. The summed E-state index contributed by atoms with van der Waals surface area (Å²) in [5, 5.41) is 4.48. The zero-order valence-corrected chi connectivity index (χ0v) is 9.03. The van der Waals surface area contributed by atoms with E-state index in [1.165, 1.54) is 18.0 Å². The molecule has 0 spiro atoms. The number of hydrogen-bond donors (Lipinski definition) is 1. The van der Waals surface area contributed by atoms with Crippen molar-refractivity contribution in [3.05, 3.63) is 5.82 Å². The summed E-state index contributed by atoms with van der Waals surface area (Å²) < 4.78 is 4.11. The molecule has 0 aromatic carbocycles. The Morgan fingerprint density at radius 1 is 1.54 bits per heavy atom. The third kappa shape index (κ3) is 2.11. The van der Waals surface area contributed by atoms with E-state index in [0.29, 0.717) is 6.04 Å². The molecular formula is C8H12ClN3S. The first kappa shape index (κ1) is 9.21. The first-order valence-electron chi connectivity index (χ1n) is 4.46. The SMILES string of the molecule is Cc1nsc(NC2CCCC2Cl)n1. The van der Waals surface area contributed by atoms with Gasteiger partial charge in [-0.25, -0.2) is 4.98 Å². The molecule has 5 heteroatoms. The fourth-order valence-electron chi connectivity index (χ4n) is 1.59. The Kier molecular flexibility index (Phi) is 2.69. The van der Waals surface area contributed by atoms with Gasteiger partial charge in [-0.15, -0.1) is 11.6 Å². The third-order valence-corrected chi connectivity index (χ3v) is 3.53. The van der Waals surface area contributed by atoms with Crippen LogP contribution in [0, 0.1) is 6.92 Å². The van der Waals surface area contributed by atoms with E-state index in [1.54, 1.807) is 0 Å². The van der Waals surface area contributed by atoms with Crippen LogP contribution < -0.4 is 5.32 Å². The molecule has 0 bridgehead atoms. The number of anilines is 1. The van der Waals surface area contributed by atoms with Crippen LogP contribution in [0.4, 0.5) is 5.13 Å². The summed E-state index contributed by atoms with van der Waals surface area (Å²) >= 11 is 7.54. The predicted molar refractivity (Wildman–Crippen MR) is 55.5 cm³/mol. The zero-order chi connectivity index (χ0) is 9.26. The van der Waals surface area contributed by atoms with Gasteiger partial charge in [0.25, 0.3) is 0 Å². The van der Waals surface area contributed by atoms with Gasteiger partial charge in [0.1, 0.15) is 5.82 Å². The number of nitrogens with zero attached hydrogens (tertiary/aromatic N) is 2. The molecule has 1 aliphatic rings. The third-order valence-electron chi connectivity index (χ3n) is 2.27. The van der Waals surface area contributed by atoms with E-state index in [0.717, 1.165) is 23.8 Å². The van der Waals surface area contributed by atoms with E-state index in [4.69, 9.17) is 11.6 Å². The predicted octanol–water partition coefficient (Wildman–Crippen LogP) is 2.42. The molecule has 1 saturated carbocycles. The molecule has 13 heavy (non-hydrogen) atoms. The normalized spacial score (nSPS) is 27.8. The van der Waals surface area contributed by atoms with Gasteiger partial charge in [0.2, 0.25) is 5.13 Å². The summed E-state index contributed by atoms with van der Waals surface area (Å²) in [5.41, 5.74) is 0. The Balaban J connectivity index is 1.97. The van der Waals surface area contributed by atoms with Crippen molar-refractivity contribution in [1.29, 1.82) is 0 Å². The Bertz CT molecular complexity index is 289. The monoisotopic (exact) mass is 217 g/mol. The summed E-state index contributed by atoms with van der Waals surface area (Å²) in [5.74, 6) is 0.830. The number of aromatic nitrogens is 2. The number of alkyl halides is 1. The van der Waals surface area contributed by atoms with E-state index in [-0.39, 0.29) is 5.38 Å². The lowest BCUT2D eigenvalue weighted by atomic mass is 10.2. The molecule has 1 fully saturated rings. The summed E-state index contributed by atoms with van der Waals surface area (Å²) in [6, 6.07) is 0.383. The standard InChI is InChI=1S/C8H12ClN3S/c1-5-10-8(13-12-5)11-7-4-2-3-6(7)9/h6-7H,2-4H2,1H3,(H,10,11,12).